The minimum absolute atomic E-state index is 0.0153. The number of likely N-dealkylation sites (N-methyl/N-ethyl adjacent to an activating group) is 1. The van der Waals surface area contributed by atoms with E-state index >= 15 is 0 Å². The summed E-state index contributed by atoms with van der Waals surface area (Å²) in [6.07, 6.45) is 5.84. The molecule has 32 heavy (non-hydrogen) atoms. The summed E-state index contributed by atoms with van der Waals surface area (Å²) in [5.74, 6) is 1.81. The first-order valence-corrected chi connectivity index (χ1v) is 11.9. The van der Waals surface area contributed by atoms with E-state index in [1.165, 1.54) is 11.1 Å². The molecule has 3 aliphatic rings. The summed E-state index contributed by atoms with van der Waals surface area (Å²) in [7, 11) is 2.12. The Morgan fingerprint density at radius 3 is 2.81 bits per heavy atom. The molecule has 4 heterocycles. The van der Waals surface area contributed by atoms with Gasteiger partial charge in [-0.3, -0.25) is 0 Å². The van der Waals surface area contributed by atoms with E-state index in [9.17, 15) is 4.79 Å². The van der Waals surface area contributed by atoms with Crippen LogP contribution in [0.25, 0.3) is 0 Å². The molecule has 0 unspecified atom stereocenters. The molecule has 7 heteroatoms. The van der Waals surface area contributed by atoms with Crippen LogP contribution in [0.4, 0.5) is 4.79 Å². The first-order valence-electron chi connectivity index (χ1n) is 11.9. The maximum absolute atomic E-state index is 13.2. The van der Waals surface area contributed by atoms with Crippen LogP contribution in [0.1, 0.15) is 41.4 Å². The molecule has 2 aromatic rings. The van der Waals surface area contributed by atoms with Crippen LogP contribution in [0.5, 0.6) is 0 Å². The summed E-state index contributed by atoms with van der Waals surface area (Å²) < 4.78 is 5.47. The SMILES string of the molecule is CN1C[C@H](c2ccccc2)[C@H](NC(=O)N2CCc3cnc(CC4CCOCC4)nc3C2)C1. The van der Waals surface area contributed by atoms with Gasteiger partial charge in [-0.2, -0.15) is 0 Å². The lowest BCUT2D eigenvalue weighted by molar-refractivity contribution is 0.0659. The van der Waals surface area contributed by atoms with E-state index < -0.39 is 0 Å². The van der Waals surface area contributed by atoms with Gasteiger partial charge in [-0.1, -0.05) is 30.3 Å². The molecule has 2 amide bonds. The predicted octanol–water partition coefficient (Wildman–Crippen LogP) is 2.61. The number of carbonyl (C=O) groups is 1. The molecule has 0 bridgehead atoms. The molecule has 170 valence electrons. The molecular formula is C25H33N5O2. The maximum Gasteiger partial charge on any atom is 0.318 e. The number of nitrogens with zero attached hydrogens (tertiary/aromatic N) is 4. The van der Waals surface area contributed by atoms with Gasteiger partial charge in [-0.15, -0.1) is 0 Å². The third kappa shape index (κ3) is 4.79. The van der Waals surface area contributed by atoms with Gasteiger partial charge >= 0.3 is 6.03 Å². The van der Waals surface area contributed by atoms with E-state index in [-0.39, 0.29) is 12.1 Å². The van der Waals surface area contributed by atoms with Crippen LogP contribution in [0, 0.1) is 5.92 Å². The summed E-state index contributed by atoms with van der Waals surface area (Å²) in [5, 5.41) is 3.33. The Kier molecular flexibility index (Phi) is 6.37. The highest BCUT2D eigenvalue weighted by atomic mass is 16.5. The van der Waals surface area contributed by atoms with Crippen molar-refractivity contribution in [2.45, 2.75) is 44.2 Å². The third-order valence-corrected chi connectivity index (χ3v) is 7.13. The largest absolute Gasteiger partial charge is 0.381 e. The van der Waals surface area contributed by atoms with Crippen molar-refractivity contribution in [1.82, 2.24) is 25.1 Å². The molecule has 3 aliphatic heterocycles. The average molecular weight is 436 g/mol. The highest BCUT2D eigenvalue weighted by Gasteiger charge is 2.34. The molecule has 2 saturated heterocycles. The Hall–Kier alpha value is -2.51. The van der Waals surface area contributed by atoms with Gasteiger partial charge in [0.25, 0.3) is 0 Å². The van der Waals surface area contributed by atoms with Crippen molar-refractivity contribution >= 4 is 6.03 Å². The number of benzene rings is 1. The molecule has 1 N–H and O–H groups in total. The van der Waals surface area contributed by atoms with Crippen LogP contribution >= 0.6 is 0 Å². The van der Waals surface area contributed by atoms with Crippen LogP contribution in [0.15, 0.2) is 36.5 Å². The van der Waals surface area contributed by atoms with Crippen molar-refractivity contribution in [2.24, 2.45) is 5.92 Å². The smallest absolute Gasteiger partial charge is 0.318 e. The van der Waals surface area contributed by atoms with Crippen molar-refractivity contribution < 1.29 is 9.53 Å². The van der Waals surface area contributed by atoms with Crippen molar-refractivity contribution in [1.29, 1.82) is 0 Å². The fourth-order valence-electron chi connectivity index (χ4n) is 5.26. The molecule has 7 nitrogen and oxygen atoms in total. The summed E-state index contributed by atoms with van der Waals surface area (Å²) in [6.45, 7) is 4.77. The van der Waals surface area contributed by atoms with Crippen LogP contribution in [-0.2, 0) is 24.1 Å². The Morgan fingerprint density at radius 2 is 2.00 bits per heavy atom. The number of fused-ring (bicyclic) bond motifs is 1. The number of hydrogen-bond acceptors (Lipinski definition) is 5. The number of nitrogens with one attached hydrogen (secondary N) is 1. The Morgan fingerprint density at radius 1 is 1.19 bits per heavy atom. The Balaban J connectivity index is 1.23. The number of aromatic nitrogens is 2. The van der Waals surface area contributed by atoms with Gasteiger partial charge in [0.05, 0.1) is 18.3 Å². The van der Waals surface area contributed by atoms with Crippen LogP contribution in [0.2, 0.25) is 0 Å². The standard InChI is InChI=1S/C25H33N5O2/c1-29-15-21(19-5-3-2-4-6-19)23(16-29)28-25(31)30-10-7-20-14-26-24(27-22(20)17-30)13-18-8-11-32-12-9-18/h2-6,14,18,21,23H,7-13,15-17H2,1H3,(H,28,31)/t21-,23-/m1/s1. The van der Waals surface area contributed by atoms with E-state index in [2.05, 4.69) is 46.5 Å². The van der Waals surface area contributed by atoms with Crippen LogP contribution < -0.4 is 5.32 Å². The van der Waals surface area contributed by atoms with Gasteiger partial charge in [-0.05, 0) is 43.4 Å². The highest BCUT2D eigenvalue weighted by molar-refractivity contribution is 5.75. The number of rotatable bonds is 4. The maximum atomic E-state index is 13.2. The number of ether oxygens (including phenoxy) is 1. The molecule has 1 aromatic carbocycles. The van der Waals surface area contributed by atoms with Gasteiger partial charge < -0.3 is 19.9 Å². The summed E-state index contributed by atoms with van der Waals surface area (Å²) in [4.78, 5) is 26.9. The fourth-order valence-corrected chi connectivity index (χ4v) is 5.26. The lowest BCUT2D eigenvalue weighted by Gasteiger charge is -2.31. The second-order valence-corrected chi connectivity index (χ2v) is 9.48. The molecule has 2 atom stereocenters. The number of likely N-dealkylation sites (tertiary alicyclic amines) is 1. The molecule has 0 aliphatic carbocycles. The average Bonchev–Trinajstić information content (AvgIpc) is 3.19. The quantitative estimate of drug-likeness (QED) is 0.800. The van der Waals surface area contributed by atoms with Gasteiger partial charge in [0, 0.05) is 51.4 Å². The number of amides is 2. The zero-order valence-corrected chi connectivity index (χ0v) is 18.9. The molecule has 0 spiro atoms. The Bertz CT molecular complexity index is 931. The molecule has 0 saturated carbocycles. The summed E-state index contributed by atoms with van der Waals surface area (Å²) >= 11 is 0. The fraction of sp³-hybridized carbons (Fsp3) is 0.560. The lowest BCUT2D eigenvalue weighted by atomic mass is 9.94. The first-order chi connectivity index (χ1) is 15.7. The summed E-state index contributed by atoms with van der Waals surface area (Å²) in [5.41, 5.74) is 3.47. The van der Waals surface area contributed by atoms with Gasteiger partial charge in [-0.25, -0.2) is 14.8 Å². The van der Waals surface area contributed by atoms with Gasteiger partial charge in [0.2, 0.25) is 0 Å². The lowest BCUT2D eigenvalue weighted by Crippen LogP contribution is -2.49. The molecule has 2 fully saturated rings. The predicted molar refractivity (Wildman–Crippen MR) is 122 cm³/mol. The normalized spacial score (nSPS) is 24.3. The van der Waals surface area contributed by atoms with Crippen LogP contribution in [-0.4, -0.2) is 71.7 Å². The topological polar surface area (TPSA) is 70.6 Å². The minimum Gasteiger partial charge on any atom is -0.381 e. The second-order valence-electron chi connectivity index (χ2n) is 9.48. The number of hydrogen-bond donors (Lipinski definition) is 1. The van der Waals surface area contributed by atoms with Crippen molar-refractivity contribution in [3.05, 3.63) is 59.2 Å². The van der Waals surface area contributed by atoms with E-state index in [0.717, 1.165) is 63.5 Å². The number of carbonyl (C=O) groups excluding carboxylic acids is 1. The van der Waals surface area contributed by atoms with Crippen molar-refractivity contribution in [2.75, 3.05) is 39.9 Å². The molecule has 5 rings (SSSR count). The Labute approximate surface area is 190 Å². The van der Waals surface area contributed by atoms with Crippen LogP contribution in [0.3, 0.4) is 0 Å². The van der Waals surface area contributed by atoms with Gasteiger partial charge in [0.1, 0.15) is 5.82 Å². The number of urea groups is 1. The van der Waals surface area contributed by atoms with Crippen molar-refractivity contribution in [3.8, 4) is 0 Å². The molecule has 0 radical (unpaired) electrons. The van der Waals surface area contributed by atoms with E-state index in [1.807, 2.05) is 17.2 Å². The first kappa shape index (κ1) is 21.3. The monoisotopic (exact) mass is 435 g/mol. The summed E-state index contributed by atoms with van der Waals surface area (Å²) in [6, 6.07) is 10.7. The van der Waals surface area contributed by atoms with Gasteiger partial charge in [0.15, 0.2) is 0 Å². The minimum atomic E-state index is 0.0153. The molecular weight excluding hydrogens is 402 g/mol. The van der Waals surface area contributed by atoms with E-state index in [4.69, 9.17) is 9.72 Å². The molecule has 1 aromatic heterocycles. The second kappa shape index (κ2) is 9.55. The van der Waals surface area contributed by atoms with E-state index in [0.29, 0.717) is 24.9 Å². The van der Waals surface area contributed by atoms with E-state index in [1.54, 1.807) is 0 Å². The third-order valence-electron chi connectivity index (χ3n) is 7.13. The highest BCUT2D eigenvalue weighted by Crippen LogP contribution is 2.27. The zero-order valence-electron chi connectivity index (χ0n) is 18.9. The van der Waals surface area contributed by atoms with Crippen molar-refractivity contribution in [3.63, 3.8) is 0 Å². The zero-order chi connectivity index (χ0) is 21.9.